The minimum absolute atomic E-state index is 0.119. The molecular weight excluding hydrogens is 257 g/mol. The summed E-state index contributed by atoms with van der Waals surface area (Å²) >= 11 is 0. The molecule has 1 fully saturated rings. The van der Waals surface area contributed by atoms with Gasteiger partial charge in [0.1, 0.15) is 5.82 Å². The molecule has 1 aliphatic rings. The first-order chi connectivity index (χ1) is 9.58. The maximum absolute atomic E-state index is 13.6. The Hall–Kier alpha value is -1.42. The van der Waals surface area contributed by atoms with Crippen molar-refractivity contribution in [2.45, 2.75) is 57.1 Å². The number of aliphatic hydroxyl groups is 1. The van der Waals surface area contributed by atoms with Crippen LogP contribution in [0.3, 0.4) is 0 Å². The van der Waals surface area contributed by atoms with Crippen LogP contribution >= 0.6 is 0 Å². The fourth-order valence-electron chi connectivity index (χ4n) is 2.81. The van der Waals surface area contributed by atoms with E-state index in [0.717, 1.165) is 25.7 Å². The molecule has 3 unspecified atom stereocenters. The molecule has 0 bridgehead atoms. The molecular formula is C16H22FNO2. The number of nitrogens with one attached hydrogen (secondary N) is 1. The summed E-state index contributed by atoms with van der Waals surface area (Å²) in [5.74, 6) is -0.561. The SMILES string of the molecule is CC(CC(=O)NC1CCCCC1O)c1ccccc1F. The predicted octanol–water partition coefficient (Wildman–Crippen LogP) is 2.74. The maximum atomic E-state index is 13.6. The number of rotatable bonds is 4. The maximum Gasteiger partial charge on any atom is 0.220 e. The minimum Gasteiger partial charge on any atom is -0.391 e. The molecule has 1 aromatic rings. The quantitative estimate of drug-likeness (QED) is 0.890. The summed E-state index contributed by atoms with van der Waals surface area (Å²) in [6, 6.07) is 6.39. The summed E-state index contributed by atoms with van der Waals surface area (Å²) in [6.07, 6.45) is 3.40. The van der Waals surface area contributed by atoms with Crippen LogP contribution in [0.1, 0.15) is 50.5 Å². The van der Waals surface area contributed by atoms with E-state index in [2.05, 4.69) is 5.32 Å². The van der Waals surface area contributed by atoms with E-state index >= 15 is 0 Å². The normalized spacial score (nSPS) is 24.1. The van der Waals surface area contributed by atoms with Crippen LogP contribution in [-0.2, 0) is 4.79 Å². The molecule has 3 nitrogen and oxygen atoms in total. The number of amides is 1. The average molecular weight is 279 g/mol. The summed E-state index contributed by atoms with van der Waals surface area (Å²) in [4.78, 5) is 12.0. The van der Waals surface area contributed by atoms with Gasteiger partial charge in [-0.15, -0.1) is 0 Å². The first kappa shape index (κ1) is 15.0. The highest BCUT2D eigenvalue weighted by atomic mass is 19.1. The second-order valence-electron chi connectivity index (χ2n) is 5.65. The molecule has 0 spiro atoms. The van der Waals surface area contributed by atoms with E-state index in [9.17, 15) is 14.3 Å². The molecule has 2 N–H and O–H groups in total. The Morgan fingerprint density at radius 1 is 1.40 bits per heavy atom. The van der Waals surface area contributed by atoms with Crippen LogP contribution in [0.15, 0.2) is 24.3 Å². The molecule has 0 aliphatic heterocycles. The van der Waals surface area contributed by atoms with Crippen LogP contribution in [-0.4, -0.2) is 23.2 Å². The van der Waals surface area contributed by atoms with E-state index in [4.69, 9.17) is 0 Å². The number of hydrogen-bond acceptors (Lipinski definition) is 2. The van der Waals surface area contributed by atoms with Gasteiger partial charge in [0, 0.05) is 6.42 Å². The molecule has 0 aromatic heterocycles. The Kier molecular flexibility index (Phi) is 5.12. The van der Waals surface area contributed by atoms with Crippen LogP contribution in [0.4, 0.5) is 4.39 Å². The third-order valence-corrected chi connectivity index (χ3v) is 4.00. The molecule has 1 aromatic carbocycles. The lowest BCUT2D eigenvalue weighted by atomic mass is 9.91. The molecule has 1 amide bonds. The zero-order valence-corrected chi connectivity index (χ0v) is 11.8. The Bertz CT molecular complexity index is 464. The predicted molar refractivity (Wildman–Crippen MR) is 75.8 cm³/mol. The standard InChI is InChI=1S/C16H22FNO2/c1-11(12-6-2-3-7-13(12)17)10-16(20)18-14-8-4-5-9-15(14)19/h2-3,6-7,11,14-15,19H,4-5,8-10H2,1H3,(H,18,20). The number of benzene rings is 1. The number of carbonyl (C=O) groups is 1. The highest BCUT2D eigenvalue weighted by Gasteiger charge is 2.25. The van der Waals surface area contributed by atoms with Gasteiger partial charge < -0.3 is 10.4 Å². The van der Waals surface area contributed by atoms with Gasteiger partial charge in [0.15, 0.2) is 0 Å². The van der Waals surface area contributed by atoms with Crippen molar-refractivity contribution in [1.29, 1.82) is 0 Å². The largest absolute Gasteiger partial charge is 0.391 e. The van der Waals surface area contributed by atoms with Gasteiger partial charge in [-0.1, -0.05) is 38.0 Å². The highest BCUT2D eigenvalue weighted by Crippen LogP contribution is 2.23. The Balaban J connectivity index is 1.89. The van der Waals surface area contributed by atoms with Crippen LogP contribution in [0.25, 0.3) is 0 Å². The molecule has 4 heteroatoms. The van der Waals surface area contributed by atoms with Crippen molar-refractivity contribution in [2.75, 3.05) is 0 Å². The lowest BCUT2D eigenvalue weighted by molar-refractivity contribution is -0.123. The first-order valence-electron chi connectivity index (χ1n) is 7.29. The molecule has 0 heterocycles. The van der Waals surface area contributed by atoms with Crippen molar-refractivity contribution in [2.24, 2.45) is 0 Å². The second-order valence-corrected chi connectivity index (χ2v) is 5.65. The summed E-state index contributed by atoms with van der Waals surface area (Å²) in [6.45, 7) is 1.84. The lowest BCUT2D eigenvalue weighted by Crippen LogP contribution is -2.45. The monoisotopic (exact) mass is 279 g/mol. The number of hydrogen-bond donors (Lipinski definition) is 2. The summed E-state index contributed by atoms with van der Waals surface area (Å²) in [5.41, 5.74) is 0.562. The van der Waals surface area contributed by atoms with Gasteiger partial charge in [0.25, 0.3) is 0 Å². The highest BCUT2D eigenvalue weighted by molar-refractivity contribution is 5.77. The molecule has 1 aliphatic carbocycles. The molecule has 0 saturated heterocycles. The van der Waals surface area contributed by atoms with Gasteiger partial charge in [-0.2, -0.15) is 0 Å². The van der Waals surface area contributed by atoms with Gasteiger partial charge in [-0.25, -0.2) is 4.39 Å². The van der Waals surface area contributed by atoms with E-state index in [1.165, 1.54) is 6.07 Å². The smallest absolute Gasteiger partial charge is 0.220 e. The van der Waals surface area contributed by atoms with Crippen molar-refractivity contribution in [3.8, 4) is 0 Å². The third-order valence-electron chi connectivity index (χ3n) is 4.00. The topological polar surface area (TPSA) is 49.3 Å². The first-order valence-corrected chi connectivity index (χ1v) is 7.29. The van der Waals surface area contributed by atoms with Gasteiger partial charge in [-0.05, 0) is 30.4 Å². The van der Waals surface area contributed by atoms with Crippen LogP contribution < -0.4 is 5.32 Å². The fraction of sp³-hybridized carbons (Fsp3) is 0.562. The minimum atomic E-state index is -0.448. The van der Waals surface area contributed by atoms with Crippen LogP contribution in [0, 0.1) is 5.82 Å². The van der Waals surface area contributed by atoms with Gasteiger partial charge in [0.2, 0.25) is 5.91 Å². The number of carbonyl (C=O) groups excluding carboxylic acids is 1. The lowest BCUT2D eigenvalue weighted by Gasteiger charge is -2.28. The molecule has 20 heavy (non-hydrogen) atoms. The summed E-state index contributed by atoms with van der Waals surface area (Å²) < 4.78 is 13.6. The Labute approximate surface area is 119 Å². The van der Waals surface area contributed by atoms with Crippen molar-refractivity contribution in [3.05, 3.63) is 35.6 Å². The van der Waals surface area contributed by atoms with Gasteiger partial charge in [0.05, 0.1) is 12.1 Å². The molecule has 110 valence electrons. The van der Waals surface area contributed by atoms with Gasteiger partial charge >= 0.3 is 0 Å². The van der Waals surface area contributed by atoms with Crippen molar-refractivity contribution in [1.82, 2.24) is 5.32 Å². The van der Waals surface area contributed by atoms with E-state index in [0.29, 0.717) is 5.56 Å². The molecule has 1 saturated carbocycles. The zero-order chi connectivity index (χ0) is 14.5. The third kappa shape index (κ3) is 3.79. The van der Waals surface area contributed by atoms with Crippen molar-refractivity contribution in [3.63, 3.8) is 0 Å². The van der Waals surface area contributed by atoms with E-state index in [1.54, 1.807) is 18.2 Å². The summed E-state index contributed by atoms with van der Waals surface area (Å²) in [5, 5.41) is 12.7. The average Bonchev–Trinajstić information content (AvgIpc) is 2.41. The molecule has 0 radical (unpaired) electrons. The Morgan fingerprint density at radius 3 is 2.80 bits per heavy atom. The fourth-order valence-corrected chi connectivity index (χ4v) is 2.81. The molecule has 3 atom stereocenters. The van der Waals surface area contributed by atoms with Crippen molar-refractivity contribution >= 4 is 5.91 Å². The zero-order valence-electron chi connectivity index (χ0n) is 11.8. The van der Waals surface area contributed by atoms with Gasteiger partial charge in [-0.3, -0.25) is 4.79 Å². The van der Waals surface area contributed by atoms with Crippen LogP contribution in [0.5, 0.6) is 0 Å². The Morgan fingerprint density at radius 2 is 2.10 bits per heavy atom. The van der Waals surface area contributed by atoms with E-state index in [-0.39, 0.29) is 30.1 Å². The number of halogens is 1. The summed E-state index contributed by atoms with van der Waals surface area (Å²) in [7, 11) is 0. The molecule has 2 rings (SSSR count). The number of aliphatic hydroxyl groups excluding tert-OH is 1. The van der Waals surface area contributed by atoms with E-state index in [1.807, 2.05) is 6.92 Å². The van der Waals surface area contributed by atoms with E-state index < -0.39 is 6.10 Å². The van der Waals surface area contributed by atoms with Crippen molar-refractivity contribution < 1.29 is 14.3 Å². The van der Waals surface area contributed by atoms with Crippen LogP contribution in [0.2, 0.25) is 0 Å². The second kappa shape index (κ2) is 6.84.